The van der Waals surface area contributed by atoms with Crippen molar-refractivity contribution in [3.05, 3.63) is 18.5 Å². The summed E-state index contributed by atoms with van der Waals surface area (Å²) in [5.41, 5.74) is 0. The Hall–Kier alpha value is -1.52. The SMILES string of the molecule is O=C(NC1CCCCC1)N1CCCC(n2cccn2)C1. The molecule has 1 aromatic rings. The Kier molecular flexibility index (Phi) is 4.23. The molecule has 3 rings (SSSR count). The summed E-state index contributed by atoms with van der Waals surface area (Å²) in [7, 11) is 0. The zero-order valence-corrected chi connectivity index (χ0v) is 12.0. The fourth-order valence-electron chi connectivity index (χ4n) is 3.36. The van der Waals surface area contributed by atoms with Gasteiger partial charge in [0.05, 0.1) is 6.04 Å². The first-order chi connectivity index (χ1) is 9.83. The van der Waals surface area contributed by atoms with Crippen molar-refractivity contribution in [1.82, 2.24) is 20.0 Å². The number of urea groups is 1. The lowest BCUT2D eigenvalue weighted by Crippen LogP contribution is -2.49. The molecule has 1 aliphatic carbocycles. The van der Waals surface area contributed by atoms with Gasteiger partial charge in [-0.05, 0) is 31.7 Å². The van der Waals surface area contributed by atoms with E-state index in [0.717, 1.165) is 38.8 Å². The van der Waals surface area contributed by atoms with Crippen LogP contribution in [0.2, 0.25) is 0 Å². The minimum Gasteiger partial charge on any atom is -0.335 e. The molecule has 1 saturated carbocycles. The molecule has 2 aliphatic rings. The first-order valence-corrected chi connectivity index (χ1v) is 7.87. The van der Waals surface area contributed by atoms with Crippen molar-refractivity contribution in [2.45, 2.75) is 57.0 Å². The van der Waals surface area contributed by atoms with Gasteiger partial charge in [0.25, 0.3) is 0 Å². The molecule has 20 heavy (non-hydrogen) atoms. The van der Waals surface area contributed by atoms with Crippen molar-refractivity contribution >= 4 is 6.03 Å². The molecule has 0 radical (unpaired) electrons. The number of likely N-dealkylation sites (tertiary alicyclic amines) is 1. The van der Waals surface area contributed by atoms with Crippen LogP contribution >= 0.6 is 0 Å². The molecule has 1 N–H and O–H groups in total. The summed E-state index contributed by atoms with van der Waals surface area (Å²) in [6.07, 6.45) is 12.1. The van der Waals surface area contributed by atoms with E-state index in [0.29, 0.717) is 12.1 Å². The van der Waals surface area contributed by atoms with Gasteiger partial charge in [-0.1, -0.05) is 19.3 Å². The average molecular weight is 276 g/mol. The molecule has 5 heteroatoms. The van der Waals surface area contributed by atoms with Gasteiger partial charge in [-0.15, -0.1) is 0 Å². The number of amides is 2. The number of nitrogens with zero attached hydrogens (tertiary/aromatic N) is 3. The fraction of sp³-hybridized carbons (Fsp3) is 0.733. The van der Waals surface area contributed by atoms with Gasteiger partial charge in [-0.2, -0.15) is 5.10 Å². The predicted molar refractivity (Wildman–Crippen MR) is 77.5 cm³/mol. The Morgan fingerprint density at radius 1 is 1.15 bits per heavy atom. The molecule has 110 valence electrons. The number of carbonyl (C=O) groups is 1. The van der Waals surface area contributed by atoms with Gasteiger partial charge < -0.3 is 10.2 Å². The summed E-state index contributed by atoms with van der Waals surface area (Å²) in [6.45, 7) is 1.65. The van der Waals surface area contributed by atoms with Crippen LogP contribution in [0.3, 0.4) is 0 Å². The summed E-state index contributed by atoms with van der Waals surface area (Å²) in [5, 5.41) is 7.52. The zero-order chi connectivity index (χ0) is 13.8. The van der Waals surface area contributed by atoms with Crippen molar-refractivity contribution in [3.8, 4) is 0 Å². The van der Waals surface area contributed by atoms with E-state index in [1.165, 1.54) is 19.3 Å². The van der Waals surface area contributed by atoms with E-state index < -0.39 is 0 Å². The maximum absolute atomic E-state index is 12.4. The monoisotopic (exact) mass is 276 g/mol. The van der Waals surface area contributed by atoms with E-state index in [4.69, 9.17) is 0 Å². The maximum Gasteiger partial charge on any atom is 0.317 e. The Bertz CT molecular complexity index is 425. The Labute approximate surface area is 120 Å². The van der Waals surface area contributed by atoms with Gasteiger partial charge in [-0.3, -0.25) is 4.68 Å². The van der Waals surface area contributed by atoms with Crippen molar-refractivity contribution in [2.75, 3.05) is 13.1 Å². The molecule has 1 aromatic heterocycles. The second-order valence-electron chi connectivity index (χ2n) is 6.01. The smallest absolute Gasteiger partial charge is 0.317 e. The summed E-state index contributed by atoms with van der Waals surface area (Å²) in [5.74, 6) is 0. The highest BCUT2D eigenvalue weighted by Crippen LogP contribution is 2.22. The van der Waals surface area contributed by atoms with Crippen LogP contribution in [0.4, 0.5) is 4.79 Å². The highest BCUT2D eigenvalue weighted by Gasteiger charge is 2.26. The third-order valence-electron chi connectivity index (χ3n) is 4.52. The average Bonchev–Trinajstić information content (AvgIpc) is 3.03. The molecule has 0 aromatic carbocycles. The molecule has 1 aliphatic heterocycles. The lowest BCUT2D eigenvalue weighted by molar-refractivity contribution is 0.157. The number of aromatic nitrogens is 2. The normalized spacial score (nSPS) is 24.6. The number of hydrogen-bond donors (Lipinski definition) is 1. The standard InChI is InChI=1S/C15H24N4O/c20-15(17-13-6-2-1-3-7-13)18-10-4-8-14(12-18)19-11-5-9-16-19/h5,9,11,13-14H,1-4,6-8,10,12H2,(H,17,20). The van der Waals surface area contributed by atoms with Crippen LogP contribution in [0.15, 0.2) is 18.5 Å². The molecule has 5 nitrogen and oxygen atoms in total. The van der Waals surface area contributed by atoms with Gasteiger partial charge in [0.15, 0.2) is 0 Å². The summed E-state index contributed by atoms with van der Waals surface area (Å²) < 4.78 is 1.99. The van der Waals surface area contributed by atoms with Crippen LogP contribution in [-0.4, -0.2) is 39.8 Å². The van der Waals surface area contributed by atoms with Crippen LogP contribution in [0.1, 0.15) is 51.0 Å². The Balaban J connectivity index is 1.54. The number of rotatable bonds is 2. The first-order valence-electron chi connectivity index (χ1n) is 7.87. The van der Waals surface area contributed by atoms with Gasteiger partial charge in [0, 0.05) is 31.5 Å². The van der Waals surface area contributed by atoms with Crippen molar-refractivity contribution in [3.63, 3.8) is 0 Å². The van der Waals surface area contributed by atoms with Gasteiger partial charge >= 0.3 is 6.03 Å². The van der Waals surface area contributed by atoms with E-state index in [1.807, 2.05) is 21.8 Å². The Morgan fingerprint density at radius 2 is 2.00 bits per heavy atom. The number of hydrogen-bond acceptors (Lipinski definition) is 2. The lowest BCUT2D eigenvalue weighted by Gasteiger charge is -2.34. The number of carbonyl (C=O) groups excluding carboxylic acids is 1. The summed E-state index contributed by atoms with van der Waals surface area (Å²) in [4.78, 5) is 14.3. The zero-order valence-electron chi connectivity index (χ0n) is 12.0. The van der Waals surface area contributed by atoms with E-state index in [-0.39, 0.29) is 6.03 Å². The molecule has 0 bridgehead atoms. The molecular formula is C15H24N4O. The van der Waals surface area contributed by atoms with Crippen LogP contribution in [0, 0.1) is 0 Å². The molecular weight excluding hydrogens is 252 g/mol. The summed E-state index contributed by atoms with van der Waals surface area (Å²) >= 11 is 0. The minimum absolute atomic E-state index is 0.119. The molecule has 1 unspecified atom stereocenters. The van der Waals surface area contributed by atoms with E-state index in [1.54, 1.807) is 6.20 Å². The van der Waals surface area contributed by atoms with Crippen LogP contribution in [0.5, 0.6) is 0 Å². The molecule has 2 heterocycles. The van der Waals surface area contributed by atoms with Crippen molar-refractivity contribution < 1.29 is 4.79 Å². The minimum atomic E-state index is 0.119. The largest absolute Gasteiger partial charge is 0.335 e. The summed E-state index contributed by atoms with van der Waals surface area (Å²) in [6, 6.07) is 2.78. The van der Waals surface area contributed by atoms with E-state index >= 15 is 0 Å². The van der Waals surface area contributed by atoms with Crippen LogP contribution in [0.25, 0.3) is 0 Å². The number of piperidine rings is 1. The molecule has 2 fully saturated rings. The van der Waals surface area contributed by atoms with Crippen LogP contribution < -0.4 is 5.32 Å². The topological polar surface area (TPSA) is 50.2 Å². The van der Waals surface area contributed by atoms with Gasteiger partial charge in [0.2, 0.25) is 0 Å². The van der Waals surface area contributed by atoms with Crippen molar-refractivity contribution in [2.24, 2.45) is 0 Å². The van der Waals surface area contributed by atoms with Gasteiger partial charge in [0.1, 0.15) is 0 Å². The third kappa shape index (κ3) is 3.14. The maximum atomic E-state index is 12.4. The molecule has 2 amide bonds. The third-order valence-corrected chi connectivity index (χ3v) is 4.52. The second-order valence-corrected chi connectivity index (χ2v) is 6.01. The quantitative estimate of drug-likeness (QED) is 0.902. The molecule has 1 saturated heterocycles. The van der Waals surface area contributed by atoms with E-state index in [2.05, 4.69) is 10.4 Å². The van der Waals surface area contributed by atoms with E-state index in [9.17, 15) is 4.79 Å². The molecule has 0 spiro atoms. The van der Waals surface area contributed by atoms with Gasteiger partial charge in [-0.25, -0.2) is 4.79 Å². The molecule has 1 atom stereocenters. The highest BCUT2D eigenvalue weighted by molar-refractivity contribution is 5.74. The number of nitrogens with one attached hydrogen (secondary N) is 1. The van der Waals surface area contributed by atoms with Crippen LogP contribution in [-0.2, 0) is 0 Å². The fourth-order valence-corrected chi connectivity index (χ4v) is 3.36. The first kappa shape index (κ1) is 13.5. The second kappa shape index (κ2) is 6.29. The predicted octanol–water partition coefficient (Wildman–Crippen LogP) is 2.56. The highest BCUT2D eigenvalue weighted by atomic mass is 16.2. The van der Waals surface area contributed by atoms with Crippen molar-refractivity contribution in [1.29, 1.82) is 0 Å². The lowest BCUT2D eigenvalue weighted by atomic mass is 9.95. The Morgan fingerprint density at radius 3 is 2.75 bits per heavy atom.